The van der Waals surface area contributed by atoms with E-state index >= 15 is 0 Å². The number of sulfonamides is 1. The molecule has 0 bridgehead atoms. The van der Waals surface area contributed by atoms with Crippen molar-refractivity contribution in [2.45, 2.75) is 32.6 Å². The van der Waals surface area contributed by atoms with Crippen LogP contribution < -0.4 is 19.5 Å². The summed E-state index contributed by atoms with van der Waals surface area (Å²) in [5.74, 6) is 0.855. The number of amides is 1. The molecule has 8 heteroatoms. The highest BCUT2D eigenvalue weighted by atomic mass is 32.2. The first kappa shape index (κ1) is 22.5. The molecule has 1 amide bonds. The fourth-order valence-corrected chi connectivity index (χ4v) is 3.34. The van der Waals surface area contributed by atoms with Gasteiger partial charge in [-0.2, -0.15) is 0 Å². The summed E-state index contributed by atoms with van der Waals surface area (Å²) >= 11 is 0. The molecule has 0 spiro atoms. The van der Waals surface area contributed by atoms with Crippen molar-refractivity contribution in [1.29, 1.82) is 0 Å². The van der Waals surface area contributed by atoms with Gasteiger partial charge in [0.15, 0.2) is 6.61 Å². The Bertz CT molecular complexity index is 902. The van der Waals surface area contributed by atoms with Crippen LogP contribution in [0.1, 0.15) is 27.7 Å². The van der Waals surface area contributed by atoms with Crippen molar-refractivity contribution in [3.8, 4) is 11.5 Å². The highest BCUT2D eigenvalue weighted by Crippen LogP contribution is 2.21. The average molecular weight is 421 g/mol. The Balaban J connectivity index is 1.93. The first-order valence-corrected chi connectivity index (χ1v) is 10.8. The van der Waals surface area contributed by atoms with Gasteiger partial charge in [0.05, 0.1) is 11.5 Å². The van der Waals surface area contributed by atoms with Crippen LogP contribution in [-0.4, -0.2) is 34.1 Å². The number of nitrogens with one attached hydrogen (secondary N) is 2. The minimum atomic E-state index is -3.74. The van der Waals surface area contributed by atoms with E-state index in [1.807, 2.05) is 27.7 Å². The number of benzene rings is 2. The van der Waals surface area contributed by atoms with E-state index in [1.54, 1.807) is 24.3 Å². The third kappa shape index (κ3) is 7.65. The molecule has 0 heterocycles. The van der Waals surface area contributed by atoms with Crippen LogP contribution in [0.25, 0.3) is 0 Å². The van der Waals surface area contributed by atoms with Crippen LogP contribution in [0.5, 0.6) is 11.5 Å². The SMILES string of the molecule is CCOc1ccc(NS(=O)(=O)c2ccc(OCC(=O)NCC(C)(C)C)cc2)cc1. The minimum absolute atomic E-state index is 0.0119. The third-order valence-corrected chi connectivity index (χ3v) is 5.13. The Labute approximate surface area is 172 Å². The molecule has 158 valence electrons. The van der Waals surface area contributed by atoms with Gasteiger partial charge in [0.2, 0.25) is 0 Å². The van der Waals surface area contributed by atoms with Crippen molar-refractivity contribution in [3.05, 3.63) is 48.5 Å². The fourth-order valence-electron chi connectivity index (χ4n) is 2.28. The predicted octanol–water partition coefficient (Wildman–Crippen LogP) is 3.43. The number of hydrogen-bond acceptors (Lipinski definition) is 5. The molecular weight excluding hydrogens is 392 g/mol. The normalized spacial score (nSPS) is 11.6. The van der Waals surface area contributed by atoms with Gasteiger partial charge in [-0.1, -0.05) is 20.8 Å². The summed E-state index contributed by atoms with van der Waals surface area (Å²) in [4.78, 5) is 11.9. The van der Waals surface area contributed by atoms with E-state index in [0.29, 0.717) is 30.3 Å². The van der Waals surface area contributed by atoms with Crippen LogP contribution in [0.4, 0.5) is 5.69 Å². The van der Waals surface area contributed by atoms with Crippen molar-refractivity contribution in [1.82, 2.24) is 5.32 Å². The maximum atomic E-state index is 12.5. The number of ether oxygens (including phenoxy) is 2. The number of rotatable bonds is 9. The maximum Gasteiger partial charge on any atom is 0.261 e. The summed E-state index contributed by atoms with van der Waals surface area (Å²) < 4.78 is 38.3. The monoisotopic (exact) mass is 420 g/mol. The van der Waals surface area contributed by atoms with Gasteiger partial charge in [0, 0.05) is 12.2 Å². The molecule has 2 aromatic rings. The molecule has 2 rings (SSSR count). The summed E-state index contributed by atoms with van der Waals surface area (Å²) in [5.41, 5.74) is 0.423. The topological polar surface area (TPSA) is 93.7 Å². The zero-order valence-corrected chi connectivity index (χ0v) is 18.0. The molecule has 0 radical (unpaired) electrons. The summed E-state index contributed by atoms with van der Waals surface area (Å²) in [6, 6.07) is 12.6. The van der Waals surface area contributed by atoms with E-state index in [1.165, 1.54) is 24.3 Å². The van der Waals surface area contributed by atoms with E-state index in [2.05, 4.69) is 10.0 Å². The summed E-state index contributed by atoms with van der Waals surface area (Å²) in [6.45, 7) is 8.90. The van der Waals surface area contributed by atoms with Gasteiger partial charge < -0.3 is 14.8 Å². The predicted molar refractivity (Wildman–Crippen MR) is 113 cm³/mol. The van der Waals surface area contributed by atoms with Crippen LogP contribution in [0, 0.1) is 5.41 Å². The van der Waals surface area contributed by atoms with Gasteiger partial charge in [0.1, 0.15) is 11.5 Å². The largest absolute Gasteiger partial charge is 0.494 e. The third-order valence-electron chi connectivity index (χ3n) is 3.74. The Morgan fingerprint density at radius 3 is 2.03 bits per heavy atom. The number of anilines is 1. The van der Waals surface area contributed by atoms with E-state index in [9.17, 15) is 13.2 Å². The van der Waals surface area contributed by atoms with Crippen LogP contribution in [-0.2, 0) is 14.8 Å². The van der Waals surface area contributed by atoms with Crippen molar-refractivity contribution in [3.63, 3.8) is 0 Å². The highest BCUT2D eigenvalue weighted by Gasteiger charge is 2.15. The lowest BCUT2D eigenvalue weighted by Gasteiger charge is -2.18. The molecule has 0 unspecified atom stereocenters. The second-order valence-electron chi connectivity index (χ2n) is 7.66. The molecular formula is C21H28N2O5S. The number of carbonyl (C=O) groups is 1. The van der Waals surface area contributed by atoms with Crippen molar-refractivity contribution in [2.75, 3.05) is 24.5 Å². The first-order chi connectivity index (χ1) is 13.6. The second-order valence-corrected chi connectivity index (χ2v) is 9.34. The van der Waals surface area contributed by atoms with Crippen LogP contribution in [0.15, 0.2) is 53.4 Å². The molecule has 0 saturated carbocycles. The van der Waals surface area contributed by atoms with Gasteiger partial charge in [-0.15, -0.1) is 0 Å². The van der Waals surface area contributed by atoms with Crippen LogP contribution >= 0.6 is 0 Å². The first-order valence-electron chi connectivity index (χ1n) is 9.34. The molecule has 0 atom stereocenters. The Hall–Kier alpha value is -2.74. The Kier molecular flexibility index (Phi) is 7.50. The summed E-state index contributed by atoms with van der Waals surface area (Å²) in [6.07, 6.45) is 0. The second kappa shape index (κ2) is 9.65. The molecule has 2 N–H and O–H groups in total. The van der Waals surface area contributed by atoms with Crippen molar-refractivity contribution < 1.29 is 22.7 Å². The molecule has 0 aliphatic rings. The molecule has 29 heavy (non-hydrogen) atoms. The maximum absolute atomic E-state index is 12.5. The molecule has 0 aromatic heterocycles. The van der Waals surface area contributed by atoms with E-state index in [4.69, 9.17) is 9.47 Å². The van der Waals surface area contributed by atoms with Gasteiger partial charge in [-0.05, 0) is 60.9 Å². The zero-order chi connectivity index (χ0) is 21.5. The Morgan fingerprint density at radius 2 is 1.48 bits per heavy atom. The average Bonchev–Trinajstić information content (AvgIpc) is 2.66. The molecule has 0 aliphatic heterocycles. The van der Waals surface area contributed by atoms with Gasteiger partial charge in [-0.25, -0.2) is 8.42 Å². The number of hydrogen-bond donors (Lipinski definition) is 2. The fraction of sp³-hybridized carbons (Fsp3) is 0.381. The standard InChI is InChI=1S/C21H28N2O5S/c1-5-27-17-8-6-16(7-9-17)23-29(25,26)19-12-10-18(11-13-19)28-14-20(24)22-15-21(2,3)4/h6-13,23H,5,14-15H2,1-4H3,(H,22,24). The minimum Gasteiger partial charge on any atom is -0.494 e. The van der Waals surface area contributed by atoms with Crippen LogP contribution in [0.2, 0.25) is 0 Å². The lowest BCUT2D eigenvalue weighted by molar-refractivity contribution is -0.123. The van der Waals surface area contributed by atoms with E-state index in [-0.39, 0.29) is 22.8 Å². The molecule has 0 aliphatic carbocycles. The Morgan fingerprint density at radius 1 is 0.931 bits per heavy atom. The van der Waals surface area contributed by atoms with Gasteiger partial charge in [0.25, 0.3) is 15.9 Å². The van der Waals surface area contributed by atoms with E-state index < -0.39 is 10.0 Å². The quantitative estimate of drug-likeness (QED) is 0.648. The lowest BCUT2D eigenvalue weighted by atomic mass is 9.97. The van der Waals surface area contributed by atoms with Crippen LogP contribution in [0.3, 0.4) is 0 Å². The van der Waals surface area contributed by atoms with Crippen molar-refractivity contribution >= 4 is 21.6 Å². The van der Waals surface area contributed by atoms with Gasteiger partial charge >= 0.3 is 0 Å². The zero-order valence-electron chi connectivity index (χ0n) is 17.2. The molecule has 7 nitrogen and oxygen atoms in total. The number of carbonyl (C=O) groups excluding carboxylic acids is 1. The highest BCUT2D eigenvalue weighted by molar-refractivity contribution is 7.92. The lowest BCUT2D eigenvalue weighted by Crippen LogP contribution is -2.35. The summed E-state index contributed by atoms with van der Waals surface area (Å²) in [7, 11) is -3.74. The van der Waals surface area contributed by atoms with Gasteiger partial charge in [-0.3, -0.25) is 9.52 Å². The molecule has 0 fully saturated rings. The molecule has 2 aromatic carbocycles. The summed E-state index contributed by atoms with van der Waals surface area (Å²) in [5, 5.41) is 2.79. The van der Waals surface area contributed by atoms with E-state index in [0.717, 1.165) is 0 Å². The molecule has 0 saturated heterocycles. The smallest absolute Gasteiger partial charge is 0.261 e. The van der Waals surface area contributed by atoms with Crippen molar-refractivity contribution in [2.24, 2.45) is 5.41 Å².